The van der Waals surface area contributed by atoms with Crippen molar-refractivity contribution in [3.05, 3.63) is 23.5 Å². The molecule has 0 aromatic heterocycles. The van der Waals surface area contributed by atoms with Gasteiger partial charge in [-0.3, -0.25) is 4.79 Å². The highest BCUT2D eigenvalue weighted by Crippen LogP contribution is 2.31. The lowest BCUT2D eigenvalue weighted by atomic mass is 10.1. The third-order valence-corrected chi connectivity index (χ3v) is 4.69. The van der Waals surface area contributed by atoms with Gasteiger partial charge in [-0.2, -0.15) is 0 Å². The first-order valence-corrected chi connectivity index (χ1v) is 8.77. The van der Waals surface area contributed by atoms with Gasteiger partial charge in [-0.1, -0.05) is 0 Å². The first-order valence-electron chi connectivity index (χ1n) is 6.46. The van der Waals surface area contributed by atoms with E-state index in [0.717, 1.165) is 38.5 Å². The van der Waals surface area contributed by atoms with Crippen molar-refractivity contribution in [2.75, 3.05) is 20.2 Å². The van der Waals surface area contributed by atoms with Crippen LogP contribution in [0, 0.1) is 5.82 Å². The molecule has 1 aliphatic heterocycles. The van der Waals surface area contributed by atoms with Crippen molar-refractivity contribution in [1.29, 1.82) is 0 Å². The topological polar surface area (TPSA) is 63.7 Å². The van der Waals surface area contributed by atoms with Gasteiger partial charge in [-0.25, -0.2) is 12.8 Å². The van der Waals surface area contributed by atoms with Crippen LogP contribution in [0.4, 0.5) is 4.39 Å². The Morgan fingerprint density at radius 3 is 2.43 bits per heavy atom. The SMILES string of the molecule is COc1c(F)cc(C(=O)N2CCCCC2)cc1S(=O)(=O)Cl. The van der Waals surface area contributed by atoms with Gasteiger partial charge in [0.1, 0.15) is 4.90 Å². The zero-order valence-electron chi connectivity index (χ0n) is 11.4. The van der Waals surface area contributed by atoms with Gasteiger partial charge in [0.2, 0.25) is 0 Å². The van der Waals surface area contributed by atoms with Crippen molar-refractivity contribution >= 4 is 25.6 Å². The van der Waals surface area contributed by atoms with Gasteiger partial charge in [0.05, 0.1) is 7.11 Å². The molecule has 1 aliphatic rings. The van der Waals surface area contributed by atoms with Crippen LogP contribution in [-0.2, 0) is 9.05 Å². The van der Waals surface area contributed by atoms with Gasteiger partial charge in [-0.15, -0.1) is 0 Å². The Morgan fingerprint density at radius 2 is 1.90 bits per heavy atom. The molecular formula is C13H15ClFNO4S. The molecular weight excluding hydrogens is 321 g/mol. The smallest absolute Gasteiger partial charge is 0.265 e. The third kappa shape index (κ3) is 3.47. The third-order valence-electron chi connectivity index (χ3n) is 3.37. The van der Waals surface area contributed by atoms with Gasteiger partial charge in [0, 0.05) is 29.3 Å². The molecule has 1 aromatic carbocycles. The summed E-state index contributed by atoms with van der Waals surface area (Å²) in [5.41, 5.74) is -0.0468. The van der Waals surface area contributed by atoms with E-state index in [4.69, 9.17) is 15.4 Å². The van der Waals surface area contributed by atoms with Gasteiger partial charge in [-0.05, 0) is 31.4 Å². The number of rotatable bonds is 3. The maximum atomic E-state index is 13.9. The van der Waals surface area contributed by atoms with E-state index in [1.54, 1.807) is 4.90 Å². The highest BCUT2D eigenvalue weighted by atomic mass is 35.7. The lowest BCUT2D eigenvalue weighted by Crippen LogP contribution is -2.35. The monoisotopic (exact) mass is 335 g/mol. The molecule has 0 bridgehead atoms. The maximum absolute atomic E-state index is 13.9. The summed E-state index contributed by atoms with van der Waals surface area (Å²) < 4.78 is 41.7. The fourth-order valence-electron chi connectivity index (χ4n) is 2.35. The van der Waals surface area contributed by atoms with Crippen LogP contribution in [0.15, 0.2) is 17.0 Å². The van der Waals surface area contributed by atoms with Crippen LogP contribution >= 0.6 is 10.7 Å². The fraction of sp³-hybridized carbons (Fsp3) is 0.462. The van der Waals surface area contributed by atoms with Crippen LogP contribution in [0.2, 0.25) is 0 Å². The Morgan fingerprint density at radius 1 is 1.29 bits per heavy atom. The molecule has 1 heterocycles. The summed E-state index contributed by atoms with van der Waals surface area (Å²) in [6.07, 6.45) is 2.80. The van der Waals surface area contributed by atoms with E-state index in [1.165, 1.54) is 0 Å². The predicted octanol–water partition coefficient (Wildman–Crippen LogP) is 2.39. The van der Waals surface area contributed by atoms with Crippen molar-refractivity contribution in [3.8, 4) is 5.75 Å². The highest BCUT2D eigenvalue weighted by molar-refractivity contribution is 8.13. The first-order chi connectivity index (χ1) is 9.84. The van der Waals surface area contributed by atoms with Crippen molar-refractivity contribution in [3.63, 3.8) is 0 Å². The highest BCUT2D eigenvalue weighted by Gasteiger charge is 2.26. The van der Waals surface area contributed by atoms with E-state index in [0.29, 0.717) is 13.1 Å². The molecule has 0 radical (unpaired) electrons. The summed E-state index contributed by atoms with van der Waals surface area (Å²) in [6.45, 7) is 1.16. The number of carbonyl (C=O) groups is 1. The Bertz CT molecular complexity index is 656. The number of amides is 1. The molecule has 0 saturated carbocycles. The Balaban J connectivity index is 2.45. The molecule has 5 nitrogen and oxygen atoms in total. The van der Waals surface area contributed by atoms with Crippen LogP contribution in [0.3, 0.4) is 0 Å². The van der Waals surface area contributed by atoms with E-state index in [-0.39, 0.29) is 5.56 Å². The zero-order chi connectivity index (χ0) is 15.6. The van der Waals surface area contributed by atoms with Crippen LogP contribution in [0.1, 0.15) is 29.6 Å². The second-order valence-corrected chi connectivity index (χ2v) is 7.31. The molecule has 8 heteroatoms. The molecule has 0 N–H and O–H groups in total. The molecule has 21 heavy (non-hydrogen) atoms. The number of methoxy groups -OCH3 is 1. The fourth-order valence-corrected chi connectivity index (χ4v) is 3.36. The summed E-state index contributed by atoms with van der Waals surface area (Å²) in [4.78, 5) is 13.4. The zero-order valence-corrected chi connectivity index (χ0v) is 13.0. The van der Waals surface area contributed by atoms with Gasteiger partial charge in [0.15, 0.2) is 11.6 Å². The van der Waals surface area contributed by atoms with E-state index < -0.39 is 31.4 Å². The van der Waals surface area contributed by atoms with E-state index in [2.05, 4.69) is 0 Å². The van der Waals surface area contributed by atoms with E-state index in [9.17, 15) is 17.6 Å². The van der Waals surface area contributed by atoms with Crippen LogP contribution in [0.25, 0.3) is 0 Å². The van der Waals surface area contributed by atoms with E-state index >= 15 is 0 Å². The van der Waals surface area contributed by atoms with Crippen molar-refractivity contribution in [2.45, 2.75) is 24.2 Å². The normalized spacial score (nSPS) is 15.9. The standard InChI is InChI=1S/C13H15ClFNO4S/c1-20-12-10(15)7-9(8-11(12)21(14,18)19)13(17)16-5-3-2-4-6-16/h7-8H,2-6H2,1H3. The summed E-state index contributed by atoms with van der Waals surface area (Å²) in [6, 6.07) is 2.03. The Labute approximate surface area is 127 Å². The maximum Gasteiger partial charge on any atom is 0.265 e. The molecule has 1 fully saturated rings. The van der Waals surface area contributed by atoms with Crippen molar-refractivity contribution in [2.24, 2.45) is 0 Å². The number of hydrogen-bond acceptors (Lipinski definition) is 4. The Hall–Kier alpha value is -1.34. The minimum atomic E-state index is -4.22. The van der Waals surface area contributed by atoms with Gasteiger partial charge in [0.25, 0.3) is 15.0 Å². The summed E-state index contributed by atoms with van der Waals surface area (Å²) in [5, 5.41) is 0. The first kappa shape index (κ1) is 16.0. The summed E-state index contributed by atoms with van der Waals surface area (Å²) >= 11 is 0. The largest absolute Gasteiger partial charge is 0.492 e. The number of nitrogens with zero attached hydrogens (tertiary/aromatic N) is 1. The van der Waals surface area contributed by atoms with Gasteiger partial charge < -0.3 is 9.64 Å². The molecule has 0 aliphatic carbocycles. The van der Waals surface area contributed by atoms with Crippen LogP contribution in [-0.4, -0.2) is 39.4 Å². The number of halogens is 2. The molecule has 0 atom stereocenters. The molecule has 116 valence electrons. The van der Waals surface area contributed by atoms with Crippen LogP contribution in [0.5, 0.6) is 5.75 Å². The molecule has 1 aromatic rings. The van der Waals surface area contributed by atoms with Crippen LogP contribution < -0.4 is 4.74 Å². The predicted molar refractivity (Wildman–Crippen MR) is 75.7 cm³/mol. The lowest BCUT2D eigenvalue weighted by molar-refractivity contribution is 0.0723. The second-order valence-electron chi connectivity index (χ2n) is 4.78. The lowest BCUT2D eigenvalue weighted by Gasteiger charge is -2.27. The number of piperidine rings is 1. The van der Waals surface area contributed by atoms with Crippen molar-refractivity contribution < 1.29 is 22.3 Å². The summed E-state index contributed by atoms with van der Waals surface area (Å²) in [7, 11) is 2.19. The molecule has 0 spiro atoms. The molecule has 0 unspecified atom stereocenters. The minimum Gasteiger partial charge on any atom is -0.492 e. The average Bonchev–Trinajstić information content (AvgIpc) is 2.45. The Kier molecular flexibility index (Phi) is 4.73. The minimum absolute atomic E-state index is 0.0468. The average molecular weight is 336 g/mol. The quantitative estimate of drug-likeness (QED) is 0.796. The summed E-state index contributed by atoms with van der Waals surface area (Å²) in [5.74, 6) is -1.82. The van der Waals surface area contributed by atoms with E-state index in [1.807, 2.05) is 0 Å². The van der Waals surface area contributed by atoms with Gasteiger partial charge >= 0.3 is 0 Å². The molecule has 1 amide bonds. The number of ether oxygens (including phenoxy) is 1. The number of carbonyl (C=O) groups excluding carboxylic acids is 1. The molecule has 2 rings (SSSR count). The second kappa shape index (κ2) is 6.19. The number of benzene rings is 1. The molecule has 1 saturated heterocycles. The number of likely N-dealkylation sites (tertiary alicyclic amines) is 1. The number of hydrogen-bond donors (Lipinski definition) is 0. The van der Waals surface area contributed by atoms with Crippen molar-refractivity contribution in [1.82, 2.24) is 4.90 Å².